The average molecular weight is 161 g/mol. The molecule has 0 atom stereocenters. The Morgan fingerprint density at radius 1 is 1.09 bits per heavy atom. The third-order valence-electron chi connectivity index (χ3n) is 1.92. The van der Waals surface area contributed by atoms with E-state index in [1.807, 2.05) is 0 Å². The van der Waals surface area contributed by atoms with Gasteiger partial charge in [-0.25, -0.2) is 4.39 Å². The topological polar surface area (TPSA) is 3.24 Å². The van der Waals surface area contributed by atoms with E-state index in [1.165, 1.54) is 4.90 Å². The van der Waals surface area contributed by atoms with Crippen LogP contribution in [0.2, 0.25) is 0 Å². The van der Waals surface area contributed by atoms with Crippen LogP contribution in [0.1, 0.15) is 26.2 Å². The lowest BCUT2D eigenvalue weighted by Crippen LogP contribution is -2.27. The van der Waals surface area contributed by atoms with Gasteiger partial charge in [0, 0.05) is 13.1 Å². The van der Waals surface area contributed by atoms with Crippen molar-refractivity contribution in [2.75, 3.05) is 13.1 Å². The van der Waals surface area contributed by atoms with Crippen LogP contribution in [0, 0.1) is 0 Å². The maximum atomic E-state index is 12.8. The molecule has 0 aliphatic carbocycles. The number of likely N-dealkylation sites (tertiary alicyclic amines) is 1. The molecule has 0 aromatic heterocycles. The number of hydrogen-bond donors (Lipinski definition) is 0. The van der Waals surface area contributed by atoms with E-state index >= 15 is 0 Å². The minimum absolute atomic E-state index is 0.660. The predicted molar refractivity (Wildman–Crippen MR) is 40.3 cm³/mol. The lowest BCUT2D eigenvalue weighted by Gasteiger charge is -2.26. The van der Waals surface area contributed by atoms with E-state index in [2.05, 4.69) is 0 Å². The molecule has 0 saturated carbocycles. The van der Waals surface area contributed by atoms with E-state index in [0.717, 1.165) is 26.2 Å². The zero-order chi connectivity index (χ0) is 8.27. The Morgan fingerprint density at radius 2 is 1.64 bits per heavy atom. The molecule has 0 N–H and O–H groups in total. The molecule has 1 saturated heterocycles. The summed E-state index contributed by atoms with van der Waals surface area (Å²) in [6, 6.07) is 0. The molecule has 0 amide bonds. The quantitative estimate of drug-likeness (QED) is 0.534. The Bertz CT molecular complexity index is 155. The summed E-state index contributed by atoms with van der Waals surface area (Å²) in [5.41, 5.74) is 0. The van der Waals surface area contributed by atoms with Gasteiger partial charge in [0.05, 0.1) is 0 Å². The summed E-state index contributed by atoms with van der Waals surface area (Å²) in [5.74, 6) is -1.38. The number of nitrogens with zero attached hydrogens (tertiary/aromatic N) is 1. The van der Waals surface area contributed by atoms with Crippen LogP contribution in [0.15, 0.2) is 11.8 Å². The molecule has 1 rings (SSSR count). The van der Waals surface area contributed by atoms with E-state index in [4.69, 9.17) is 0 Å². The number of halogens is 2. The van der Waals surface area contributed by atoms with Crippen molar-refractivity contribution >= 4 is 0 Å². The minimum atomic E-state index is -0.702. The molecule has 3 heteroatoms. The van der Waals surface area contributed by atoms with Crippen LogP contribution >= 0.6 is 0 Å². The molecular formula is C8H13F2N. The molecular weight excluding hydrogens is 148 g/mol. The number of rotatable bonds is 1. The average Bonchev–Trinajstić information content (AvgIpc) is 2.05. The van der Waals surface area contributed by atoms with Crippen LogP contribution in [0.25, 0.3) is 0 Å². The summed E-state index contributed by atoms with van der Waals surface area (Å²) in [6.07, 6.45) is 3.08. The van der Waals surface area contributed by atoms with Crippen LogP contribution in [0.5, 0.6) is 0 Å². The summed E-state index contributed by atoms with van der Waals surface area (Å²) in [4.78, 5) is 1.47. The highest BCUT2D eigenvalue weighted by atomic mass is 19.2. The molecule has 1 aliphatic rings. The summed E-state index contributed by atoms with van der Waals surface area (Å²) in [7, 11) is 0. The second kappa shape index (κ2) is 3.69. The molecule has 1 heterocycles. The largest absolute Gasteiger partial charge is 0.346 e. The minimum Gasteiger partial charge on any atom is -0.346 e. The van der Waals surface area contributed by atoms with Crippen molar-refractivity contribution in [2.45, 2.75) is 26.2 Å². The van der Waals surface area contributed by atoms with Crippen LogP contribution in [0.4, 0.5) is 8.78 Å². The summed E-state index contributed by atoms with van der Waals surface area (Å²) >= 11 is 0. The molecule has 11 heavy (non-hydrogen) atoms. The van der Waals surface area contributed by atoms with Gasteiger partial charge in [0.1, 0.15) is 5.83 Å². The van der Waals surface area contributed by atoms with E-state index in [-0.39, 0.29) is 0 Å². The summed E-state index contributed by atoms with van der Waals surface area (Å²) in [6.45, 7) is 2.48. The van der Waals surface area contributed by atoms with E-state index < -0.39 is 11.8 Å². The molecule has 1 fully saturated rings. The van der Waals surface area contributed by atoms with Gasteiger partial charge in [-0.05, 0) is 26.2 Å². The van der Waals surface area contributed by atoms with Gasteiger partial charge in [0.25, 0.3) is 0 Å². The zero-order valence-corrected chi connectivity index (χ0v) is 6.74. The number of piperidine rings is 1. The van der Waals surface area contributed by atoms with Crippen LogP contribution < -0.4 is 0 Å². The van der Waals surface area contributed by atoms with E-state index in [9.17, 15) is 8.78 Å². The zero-order valence-electron chi connectivity index (χ0n) is 6.74. The molecule has 0 bridgehead atoms. The molecule has 1 nitrogen and oxygen atoms in total. The van der Waals surface area contributed by atoms with Crippen molar-refractivity contribution in [3.05, 3.63) is 11.8 Å². The van der Waals surface area contributed by atoms with Gasteiger partial charge in [-0.2, -0.15) is 4.39 Å². The lowest BCUT2D eigenvalue weighted by atomic mass is 10.1. The van der Waals surface area contributed by atoms with E-state index in [1.54, 1.807) is 0 Å². The Hall–Kier alpha value is -0.600. The van der Waals surface area contributed by atoms with Crippen molar-refractivity contribution in [3.63, 3.8) is 0 Å². The first-order valence-electron chi connectivity index (χ1n) is 3.98. The van der Waals surface area contributed by atoms with Crippen LogP contribution in [-0.2, 0) is 0 Å². The fourth-order valence-corrected chi connectivity index (χ4v) is 1.31. The highest BCUT2D eigenvalue weighted by Crippen LogP contribution is 2.18. The summed E-state index contributed by atoms with van der Waals surface area (Å²) in [5, 5.41) is 0. The first-order chi connectivity index (χ1) is 5.22. The molecule has 0 spiro atoms. The second-order valence-corrected chi connectivity index (χ2v) is 2.87. The molecule has 1 aliphatic heterocycles. The van der Waals surface area contributed by atoms with Crippen molar-refractivity contribution in [1.29, 1.82) is 0 Å². The summed E-state index contributed by atoms with van der Waals surface area (Å²) < 4.78 is 25.2. The van der Waals surface area contributed by atoms with E-state index in [0.29, 0.717) is 13.1 Å². The lowest BCUT2D eigenvalue weighted by molar-refractivity contribution is 0.217. The fraction of sp³-hybridized carbons (Fsp3) is 0.750. The fourth-order valence-electron chi connectivity index (χ4n) is 1.31. The monoisotopic (exact) mass is 161 g/mol. The van der Waals surface area contributed by atoms with Gasteiger partial charge in [0.2, 0.25) is 5.95 Å². The van der Waals surface area contributed by atoms with Gasteiger partial charge < -0.3 is 4.90 Å². The standard InChI is InChI=1S/C8H13F2N/c1-7(9)8(10)11-5-3-2-4-6-11/h2-6H2,1H3/b8-7-. The maximum Gasteiger partial charge on any atom is 0.221 e. The van der Waals surface area contributed by atoms with Gasteiger partial charge in [0.15, 0.2) is 0 Å². The third-order valence-corrected chi connectivity index (χ3v) is 1.92. The Labute approximate surface area is 65.7 Å². The van der Waals surface area contributed by atoms with Crippen molar-refractivity contribution in [1.82, 2.24) is 4.90 Å². The van der Waals surface area contributed by atoms with Crippen molar-refractivity contribution < 1.29 is 8.78 Å². The Morgan fingerprint density at radius 3 is 2.09 bits per heavy atom. The van der Waals surface area contributed by atoms with Gasteiger partial charge in [-0.15, -0.1) is 0 Å². The number of allylic oxidation sites excluding steroid dienone is 1. The number of hydrogen-bond acceptors (Lipinski definition) is 1. The van der Waals surface area contributed by atoms with Gasteiger partial charge >= 0.3 is 0 Å². The first-order valence-corrected chi connectivity index (χ1v) is 3.98. The predicted octanol–water partition coefficient (Wildman–Crippen LogP) is 2.60. The van der Waals surface area contributed by atoms with Crippen LogP contribution in [0.3, 0.4) is 0 Å². The second-order valence-electron chi connectivity index (χ2n) is 2.87. The highest BCUT2D eigenvalue weighted by Gasteiger charge is 2.14. The molecule has 64 valence electrons. The third kappa shape index (κ3) is 2.17. The molecule has 0 aromatic carbocycles. The highest BCUT2D eigenvalue weighted by molar-refractivity contribution is 4.96. The molecule has 0 radical (unpaired) electrons. The smallest absolute Gasteiger partial charge is 0.221 e. The first kappa shape index (κ1) is 8.50. The maximum absolute atomic E-state index is 12.8. The SMILES string of the molecule is C/C(F)=C(\F)N1CCCCC1. The van der Waals surface area contributed by atoms with Crippen molar-refractivity contribution in [2.24, 2.45) is 0 Å². The molecule has 0 aromatic rings. The Kier molecular flexibility index (Phi) is 2.85. The normalized spacial score (nSPS) is 21.5. The molecule has 0 unspecified atom stereocenters. The van der Waals surface area contributed by atoms with Gasteiger partial charge in [-0.1, -0.05) is 0 Å². The van der Waals surface area contributed by atoms with Gasteiger partial charge in [-0.3, -0.25) is 0 Å². The van der Waals surface area contributed by atoms with Crippen molar-refractivity contribution in [3.8, 4) is 0 Å². The Balaban J connectivity index is 2.52. The van der Waals surface area contributed by atoms with Crippen LogP contribution in [-0.4, -0.2) is 18.0 Å².